The van der Waals surface area contributed by atoms with E-state index in [1.165, 1.54) is 12.1 Å². The van der Waals surface area contributed by atoms with Gasteiger partial charge in [-0.3, -0.25) is 4.68 Å². The van der Waals surface area contributed by atoms with Crippen molar-refractivity contribution < 1.29 is 17.6 Å². The number of benzene rings is 1. The molecule has 19 heavy (non-hydrogen) atoms. The highest BCUT2D eigenvalue weighted by Crippen LogP contribution is 2.40. The molecular formula is C11H6BrClF4N2. The van der Waals surface area contributed by atoms with Gasteiger partial charge in [0.2, 0.25) is 0 Å². The Hall–Kier alpha value is -1.08. The molecule has 1 aromatic heterocycles. The van der Waals surface area contributed by atoms with E-state index in [1.54, 1.807) is 0 Å². The van der Waals surface area contributed by atoms with Crippen molar-refractivity contribution in [1.29, 1.82) is 0 Å². The van der Waals surface area contributed by atoms with Crippen LogP contribution in [0, 0.1) is 5.82 Å². The van der Waals surface area contributed by atoms with Crippen LogP contribution in [-0.2, 0) is 13.2 Å². The lowest BCUT2D eigenvalue weighted by Gasteiger charge is -2.06. The van der Waals surface area contributed by atoms with Gasteiger partial charge in [0, 0.05) is 17.6 Å². The predicted molar refractivity (Wildman–Crippen MR) is 66.3 cm³/mol. The van der Waals surface area contributed by atoms with Crippen molar-refractivity contribution in [2.45, 2.75) is 6.18 Å². The fraction of sp³-hybridized carbons (Fsp3) is 0.182. The number of nitrogens with zero attached hydrogens (tertiary/aromatic N) is 2. The summed E-state index contributed by atoms with van der Waals surface area (Å²) in [5.41, 5.74) is -1.15. The number of hydrogen-bond acceptors (Lipinski definition) is 1. The van der Waals surface area contributed by atoms with Crippen LogP contribution in [0.2, 0.25) is 5.02 Å². The van der Waals surface area contributed by atoms with Crippen molar-refractivity contribution in [1.82, 2.24) is 9.78 Å². The number of rotatable bonds is 1. The zero-order valence-electron chi connectivity index (χ0n) is 9.39. The molecule has 1 heterocycles. The molecule has 0 amide bonds. The molecule has 0 aliphatic heterocycles. The van der Waals surface area contributed by atoms with Gasteiger partial charge in [-0.1, -0.05) is 11.6 Å². The maximum Gasteiger partial charge on any atom is 0.434 e. The minimum atomic E-state index is -4.58. The zero-order valence-corrected chi connectivity index (χ0v) is 11.7. The minimum absolute atomic E-state index is 0.0534. The maximum atomic E-state index is 13.7. The molecule has 0 spiro atoms. The first-order valence-electron chi connectivity index (χ1n) is 4.97. The highest BCUT2D eigenvalue weighted by molar-refractivity contribution is 9.10. The summed E-state index contributed by atoms with van der Waals surface area (Å²) >= 11 is 8.42. The van der Waals surface area contributed by atoms with Gasteiger partial charge in [0.1, 0.15) is 11.5 Å². The molecule has 1 aromatic carbocycles. The van der Waals surface area contributed by atoms with Gasteiger partial charge in [0.15, 0.2) is 5.69 Å². The first kappa shape index (κ1) is 14.3. The summed E-state index contributed by atoms with van der Waals surface area (Å²) in [4.78, 5) is 0. The van der Waals surface area contributed by atoms with E-state index in [0.29, 0.717) is 4.68 Å². The molecule has 0 N–H and O–H groups in total. The monoisotopic (exact) mass is 356 g/mol. The Kier molecular flexibility index (Phi) is 3.61. The van der Waals surface area contributed by atoms with Gasteiger partial charge in [0.25, 0.3) is 0 Å². The van der Waals surface area contributed by atoms with E-state index in [0.717, 1.165) is 13.1 Å². The summed E-state index contributed by atoms with van der Waals surface area (Å²) in [5, 5.41) is 3.86. The van der Waals surface area contributed by atoms with Gasteiger partial charge >= 0.3 is 6.18 Å². The standard InChI is InChI=1S/C11H6BrClF4N2/c1-19-10(11(15,16)17)8(12)9(18-19)6-3-2-5(13)4-7(6)14/h2-4H,1H3. The van der Waals surface area contributed by atoms with Gasteiger partial charge in [-0.15, -0.1) is 0 Å². The van der Waals surface area contributed by atoms with Crippen molar-refractivity contribution >= 4 is 27.5 Å². The third-order valence-corrected chi connectivity index (χ3v) is 3.43. The van der Waals surface area contributed by atoms with Crippen molar-refractivity contribution in [3.63, 3.8) is 0 Å². The van der Waals surface area contributed by atoms with Crippen molar-refractivity contribution in [2.75, 3.05) is 0 Å². The Morgan fingerprint density at radius 2 is 1.95 bits per heavy atom. The van der Waals surface area contributed by atoms with Crippen LogP contribution in [0.15, 0.2) is 22.7 Å². The van der Waals surface area contributed by atoms with E-state index in [-0.39, 0.29) is 20.8 Å². The average Bonchev–Trinajstić information content (AvgIpc) is 2.53. The summed E-state index contributed by atoms with van der Waals surface area (Å²) in [5.74, 6) is -0.736. The molecule has 0 saturated carbocycles. The quantitative estimate of drug-likeness (QED) is 0.679. The maximum absolute atomic E-state index is 13.7. The second kappa shape index (κ2) is 4.79. The van der Waals surface area contributed by atoms with Crippen LogP contribution in [0.4, 0.5) is 17.6 Å². The first-order chi connectivity index (χ1) is 8.71. The van der Waals surface area contributed by atoms with Crippen molar-refractivity contribution in [3.05, 3.63) is 39.2 Å². The van der Waals surface area contributed by atoms with Crippen molar-refractivity contribution in [2.24, 2.45) is 7.05 Å². The van der Waals surface area contributed by atoms with Crippen LogP contribution in [0.25, 0.3) is 11.3 Å². The molecule has 102 valence electrons. The molecule has 2 nitrogen and oxygen atoms in total. The largest absolute Gasteiger partial charge is 0.434 e. The smallest absolute Gasteiger partial charge is 0.262 e. The van der Waals surface area contributed by atoms with E-state index in [2.05, 4.69) is 21.0 Å². The lowest BCUT2D eigenvalue weighted by molar-refractivity contribution is -0.144. The lowest BCUT2D eigenvalue weighted by atomic mass is 10.1. The van der Waals surface area contributed by atoms with Gasteiger partial charge < -0.3 is 0 Å². The molecule has 0 aliphatic rings. The second-order valence-electron chi connectivity index (χ2n) is 3.76. The highest BCUT2D eigenvalue weighted by Gasteiger charge is 2.39. The first-order valence-corrected chi connectivity index (χ1v) is 6.14. The molecule has 2 aromatic rings. The van der Waals surface area contributed by atoms with E-state index in [9.17, 15) is 17.6 Å². The molecule has 0 aliphatic carbocycles. The third-order valence-electron chi connectivity index (χ3n) is 2.44. The number of halogens is 6. The van der Waals surface area contributed by atoms with E-state index in [1.807, 2.05) is 0 Å². The predicted octanol–water partition coefficient (Wildman–Crippen LogP) is 4.66. The molecule has 0 atom stereocenters. The highest BCUT2D eigenvalue weighted by atomic mass is 79.9. The molecule has 0 unspecified atom stereocenters. The molecule has 0 fully saturated rings. The van der Waals surface area contributed by atoms with E-state index >= 15 is 0 Å². The molecule has 0 bridgehead atoms. The zero-order chi connectivity index (χ0) is 14.4. The summed E-state index contributed by atoms with van der Waals surface area (Å²) in [6.07, 6.45) is -4.58. The van der Waals surface area contributed by atoms with Crippen LogP contribution < -0.4 is 0 Å². The van der Waals surface area contributed by atoms with Crippen LogP contribution >= 0.6 is 27.5 Å². The molecule has 0 radical (unpaired) electrons. The van der Waals surface area contributed by atoms with Crippen molar-refractivity contribution in [3.8, 4) is 11.3 Å². The third kappa shape index (κ3) is 2.62. The lowest BCUT2D eigenvalue weighted by Crippen LogP contribution is -2.12. The topological polar surface area (TPSA) is 17.8 Å². The average molecular weight is 358 g/mol. The van der Waals surface area contributed by atoms with Crippen LogP contribution in [-0.4, -0.2) is 9.78 Å². The Morgan fingerprint density at radius 3 is 2.42 bits per heavy atom. The van der Waals surface area contributed by atoms with Gasteiger partial charge in [-0.2, -0.15) is 18.3 Å². The Balaban J connectivity index is 2.65. The normalized spacial score (nSPS) is 11.9. The number of aryl methyl sites for hydroxylation is 1. The Labute approximate surface area is 119 Å². The number of aromatic nitrogens is 2. The van der Waals surface area contributed by atoms with Gasteiger partial charge in [-0.05, 0) is 34.1 Å². The fourth-order valence-corrected chi connectivity index (χ4v) is 2.59. The summed E-state index contributed by atoms with van der Waals surface area (Å²) in [7, 11) is 1.14. The Bertz CT molecular complexity index is 636. The SMILES string of the molecule is Cn1nc(-c2ccc(Cl)cc2F)c(Br)c1C(F)(F)F. The van der Waals surface area contributed by atoms with E-state index in [4.69, 9.17) is 11.6 Å². The van der Waals surface area contributed by atoms with E-state index < -0.39 is 17.7 Å². The van der Waals surface area contributed by atoms with Gasteiger partial charge in [-0.25, -0.2) is 4.39 Å². The number of alkyl halides is 3. The van der Waals surface area contributed by atoms with Crippen LogP contribution in [0.1, 0.15) is 5.69 Å². The van der Waals surface area contributed by atoms with Crippen LogP contribution in [0.3, 0.4) is 0 Å². The van der Waals surface area contributed by atoms with Gasteiger partial charge in [0.05, 0.1) is 4.47 Å². The number of hydrogen-bond donors (Lipinski definition) is 0. The fourth-order valence-electron chi connectivity index (χ4n) is 1.66. The summed E-state index contributed by atoms with van der Waals surface area (Å²) in [6.45, 7) is 0. The molecule has 2 rings (SSSR count). The summed E-state index contributed by atoms with van der Waals surface area (Å²) < 4.78 is 52.5. The molecular weight excluding hydrogens is 351 g/mol. The Morgan fingerprint density at radius 1 is 1.32 bits per heavy atom. The molecule has 0 saturated heterocycles. The second-order valence-corrected chi connectivity index (χ2v) is 4.99. The molecule has 8 heteroatoms. The minimum Gasteiger partial charge on any atom is -0.262 e. The summed E-state index contributed by atoms with van der Waals surface area (Å²) in [6, 6.07) is 3.69. The van der Waals surface area contributed by atoms with Crippen LogP contribution in [0.5, 0.6) is 0 Å².